The summed E-state index contributed by atoms with van der Waals surface area (Å²) in [6, 6.07) is 11.2. The fourth-order valence-corrected chi connectivity index (χ4v) is 1.83. The molecule has 0 saturated carbocycles. The second kappa shape index (κ2) is 4.13. The maximum Gasteiger partial charge on any atom is 0.309 e. The van der Waals surface area contributed by atoms with Crippen LogP contribution in [0.25, 0.3) is 10.8 Å². The Morgan fingerprint density at radius 1 is 1.12 bits per heavy atom. The molecule has 0 bridgehead atoms. The Balaban J connectivity index is 2.58. The lowest BCUT2D eigenvalue weighted by molar-refractivity contribution is -0.145. The van der Waals surface area contributed by atoms with Crippen molar-refractivity contribution in [1.82, 2.24) is 0 Å². The van der Waals surface area contributed by atoms with Crippen LogP contribution < -0.4 is 0 Å². The van der Waals surface area contributed by atoms with E-state index in [4.69, 9.17) is 5.11 Å². The van der Waals surface area contributed by atoms with Crippen molar-refractivity contribution in [2.45, 2.75) is 12.3 Å². The van der Waals surface area contributed by atoms with Crippen LogP contribution in [0, 0.1) is 0 Å². The van der Waals surface area contributed by atoms with E-state index in [0.717, 1.165) is 0 Å². The van der Waals surface area contributed by atoms with Crippen LogP contribution in [-0.2, 0) is 10.7 Å². The number of hydrogen-bond acceptors (Lipinski definition) is 1. The molecule has 2 aromatic rings. The van der Waals surface area contributed by atoms with Crippen molar-refractivity contribution in [3.05, 3.63) is 48.0 Å². The quantitative estimate of drug-likeness (QED) is 0.886. The molecular formula is C13H10F2O2. The van der Waals surface area contributed by atoms with E-state index in [1.165, 1.54) is 12.1 Å². The van der Waals surface area contributed by atoms with Gasteiger partial charge >= 0.3 is 5.97 Å². The number of carboxylic acids is 1. The van der Waals surface area contributed by atoms with E-state index >= 15 is 0 Å². The zero-order chi connectivity index (χ0) is 12.5. The van der Waals surface area contributed by atoms with E-state index in [1.54, 1.807) is 30.3 Å². The molecule has 2 nitrogen and oxygen atoms in total. The standard InChI is InChI=1S/C13H10F2O2/c14-13(15,8-12(16)17)11-7-3-5-9-4-1-2-6-10(9)11/h1-7H,8H2,(H,16,17). The van der Waals surface area contributed by atoms with Crippen molar-refractivity contribution < 1.29 is 18.7 Å². The monoisotopic (exact) mass is 236 g/mol. The third kappa shape index (κ3) is 2.25. The normalized spacial score (nSPS) is 11.6. The molecule has 0 atom stereocenters. The van der Waals surface area contributed by atoms with Crippen LogP contribution in [0.1, 0.15) is 12.0 Å². The first kappa shape index (κ1) is 11.5. The Morgan fingerprint density at radius 3 is 2.47 bits per heavy atom. The van der Waals surface area contributed by atoms with Gasteiger partial charge in [-0.25, -0.2) is 8.78 Å². The number of hydrogen-bond donors (Lipinski definition) is 1. The smallest absolute Gasteiger partial charge is 0.309 e. The van der Waals surface area contributed by atoms with Crippen molar-refractivity contribution in [2.75, 3.05) is 0 Å². The lowest BCUT2D eigenvalue weighted by atomic mass is 9.98. The number of benzene rings is 2. The molecule has 0 aliphatic rings. The highest BCUT2D eigenvalue weighted by atomic mass is 19.3. The number of alkyl halides is 2. The maximum atomic E-state index is 13.8. The molecule has 0 heterocycles. The van der Waals surface area contributed by atoms with Crippen LogP contribution in [0.4, 0.5) is 8.78 Å². The predicted molar refractivity (Wildman–Crippen MR) is 60.1 cm³/mol. The van der Waals surface area contributed by atoms with Gasteiger partial charge in [-0.3, -0.25) is 4.79 Å². The second-order valence-corrected chi connectivity index (χ2v) is 3.80. The molecule has 17 heavy (non-hydrogen) atoms. The van der Waals surface area contributed by atoms with Gasteiger partial charge in [0.25, 0.3) is 5.92 Å². The van der Waals surface area contributed by atoms with Crippen molar-refractivity contribution >= 4 is 16.7 Å². The molecule has 0 unspecified atom stereocenters. The minimum Gasteiger partial charge on any atom is -0.481 e. The van der Waals surface area contributed by atoms with Crippen molar-refractivity contribution in [3.63, 3.8) is 0 Å². The Kier molecular flexibility index (Phi) is 2.79. The molecule has 0 aliphatic carbocycles. The summed E-state index contributed by atoms with van der Waals surface area (Å²) >= 11 is 0. The summed E-state index contributed by atoms with van der Waals surface area (Å²) in [5, 5.41) is 9.57. The average molecular weight is 236 g/mol. The van der Waals surface area contributed by atoms with Crippen LogP contribution in [0.5, 0.6) is 0 Å². The van der Waals surface area contributed by atoms with E-state index < -0.39 is 18.3 Å². The van der Waals surface area contributed by atoms with Gasteiger partial charge in [-0.15, -0.1) is 0 Å². The van der Waals surface area contributed by atoms with Crippen molar-refractivity contribution in [3.8, 4) is 0 Å². The first-order valence-electron chi connectivity index (χ1n) is 5.08. The summed E-state index contributed by atoms with van der Waals surface area (Å²) in [5.74, 6) is -4.87. The van der Waals surface area contributed by atoms with Gasteiger partial charge in [0.15, 0.2) is 0 Å². The zero-order valence-electron chi connectivity index (χ0n) is 8.86. The molecule has 2 rings (SSSR count). The third-order valence-electron chi connectivity index (χ3n) is 2.56. The molecule has 0 fully saturated rings. The van der Waals surface area contributed by atoms with Crippen LogP contribution in [0.15, 0.2) is 42.5 Å². The molecule has 0 saturated heterocycles. The maximum absolute atomic E-state index is 13.8. The van der Waals surface area contributed by atoms with Crippen molar-refractivity contribution in [1.29, 1.82) is 0 Å². The number of halogens is 2. The molecule has 1 N–H and O–H groups in total. The highest BCUT2D eigenvalue weighted by Gasteiger charge is 2.35. The minimum absolute atomic E-state index is 0.238. The van der Waals surface area contributed by atoms with Gasteiger partial charge in [0.05, 0.1) is 0 Å². The summed E-state index contributed by atoms with van der Waals surface area (Å²) in [4.78, 5) is 10.4. The Morgan fingerprint density at radius 2 is 1.76 bits per heavy atom. The SMILES string of the molecule is O=C(O)CC(F)(F)c1cccc2ccccc12. The number of aliphatic carboxylic acids is 1. The van der Waals surface area contributed by atoms with Gasteiger partial charge in [0.1, 0.15) is 6.42 Å². The first-order chi connectivity index (χ1) is 8.00. The molecule has 0 spiro atoms. The van der Waals surface area contributed by atoms with Crippen LogP contribution in [0.2, 0.25) is 0 Å². The number of carboxylic acid groups (broad SMARTS) is 1. The molecule has 4 heteroatoms. The van der Waals surface area contributed by atoms with Crippen LogP contribution >= 0.6 is 0 Å². The predicted octanol–water partition coefficient (Wildman–Crippen LogP) is 3.41. The third-order valence-corrected chi connectivity index (χ3v) is 2.56. The lowest BCUT2D eigenvalue weighted by Crippen LogP contribution is -2.18. The van der Waals surface area contributed by atoms with Gasteiger partial charge in [-0.05, 0) is 10.8 Å². The summed E-state index contributed by atoms with van der Waals surface area (Å²) in [6.07, 6.45) is -1.19. The van der Waals surface area contributed by atoms with Gasteiger partial charge in [0, 0.05) is 5.56 Å². The van der Waals surface area contributed by atoms with Crippen molar-refractivity contribution in [2.24, 2.45) is 0 Å². The van der Waals surface area contributed by atoms with E-state index in [0.29, 0.717) is 10.8 Å². The highest BCUT2D eigenvalue weighted by molar-refractivity contribution is 5.86. The molecule has 0 radical (unpaired) electrons. The molecule has 0 amide bonds. The molecule has 88 valence electrons. The van der Waals surface area contributed by atoms with Gasteiger partial charge in [0.2, 0.25) is 0 Å². The number of fused-ring (bicyclic) bond motifs is 1. The molecule has 0 aliphatic heterocycles. The number of rotatable bonds is 3. The van der Waals surface area contributed by atoms with Crippen LogP contribution in [0.3, 0.4) is 0 Å². The second-order valence-electron chi connectivity index (χ2n) is 3.80. The molecular weight excluding hydrogens is 226 g/mol. The minimum atomic E-state index is -3.35. The van der Waals surface area contributed by atoms with Gasteiger partial charge in [-0.1, -0.05) is 42.5 Å². The van der Waals surface area contributed by atoms with Gasteiger partial charge in [-0.2, -0.15) is 0 Å². The summed E-state index contributed by atoms with van der Waals surface area (Å²) < 4.78 is 27.5. The summed E-state index contributed by atoms with van der Waals surface area (Å²) in [6.45, 7) is 0. The number of carbonyl (C=O) groups is 1. The largest absolute Gasteiger partial charge is 0.481 e. The fourth-order valence-electron chi connectivity index (χ4n) is 1.83. The first-order valence-corrected chi connectivity index (χ1v) is 5.08. The molecule has 0 aromatic heterocycles. The topological polar surface area (TPSA) is 37.3 Å². The summed E-state index contributed by atoms with van der Waals surface area (Å²) in [5.41, 5.74) is -0.238. The van der Waals surface area contributed by atoms with E-state index in [2.05, 4.69) is 0 Å². The summed E-state index contributed by atoms with van der Waals surface area (Å²) in [7, 11) is 0. The Hall–Kier alpha value is -1.97. The lowest BCUT2D eigenvalue weighted by Gasteiger charge is -2.16. The van der Waals surface area contributed by atoms with Gasteiger partial charge < -0.3 is 5.11 Å². The zero-order valence-corrected chi connectivity index (χ0v) is 8.86. The fraction of sp³-hybridized carbons (Fsp3) is 0.154. The van der Waals surface area contributed by atoms with E-state index in [-0.39, 0.29) is 5.56 Å². The Bertz CT molecular complexity index is 559. The van der Waals surface area contributed by atoms with E-state index in [9.17, 15) is 13.6 Å². The molecule has 2 aromatic carbocycles. The highest BCUT2D eigenvalue weighted by Crippen LogP contribution is 2.36. The average Bonchev–Trinajstić information content (AvgIpc) is 2.26. The van der Waals surface area contributed by atoms with Crippen LogP contribution in [-0.4, -0.2) is 11.1 Å². The Labute approximate surface area is 96.5 Å². The van der Waals surface area contributed by atoms with E-state index in [1.807, 2.05) is 0 Å².